The number of nitrogens with one attached hydrogen (secondary N) is 1. The molecule has 0 radical (unpaired) electrons. The summed E-state index contributed by atoms with van der Waals surface area (Å²) < 4.78 is 0. The van der Waals surface area contributed by atoms with Crippen LogP contribution in [0.3, 0.4) is 0 Å². The zero-order valence-electron chi connectivity index (χ0n) is 15.3. The number of likely N-dealkylation sites (N-methyl/N-ethyl adjacent to an activating group) is 1. The lowest BCUT2D eigenvalue weighted by Gasteiger charge is -2.39. The van der Waals surface area contributed by atoms with Gasteiger partial charge in [0.25, 0.3) is 0 Å². The van der Waals surface area contributed by atoms with Gasteiger partial charge in [0.05, 0.1) is 0 Å². The maximum atomic E-state index is 12.7. The first kappa shape index (κ1) is 18.3. The second-order valence-electron chi connectivity index (χ2n) is 6.78. The Labute approximate surface area is 155 Å². The minimum Gasteiger partial charge on any atom is -0.508 e. The number of piperidine rings is 1. The number of carbonyl (C=O) groups is 1. The summed E-state index contributed by atoms with van der Waals surface area (Å²) in [6.07, 6.45) is 2.13. The monoisotopic (exact) mass is 353 g/mol. The van der Waals surface area contributed by atoms with Gasteiger partial charge in [-0.1, -0.05) is 30.3 Å². The Morgan fingerprint density at radius 3 is 2.62 bits per heavy atom. The van der Waals surface area contributed by atoms with Crippen LogP contribution in [0.1, 0.15) is 25.3 Å². The third kappa shape index (κ3) is 4.76. The van der Waals surface area contributed by atoms with Crippen molar-refractivity contribution in [1.29, 1.82) is 0 Å². The molecule has 0 aromatic heterocycles. The van der Waals surface area contributed by atoms with Crippen LogP contribution in [0.4, 0.5) is 10.5 Å². The summed E-state index contributed by atoms with van der Waals surface area (Å²) in [5.74, 6) is 0.194. The fourth-order valence-corrected chi connectivity index (χ4v) is 3.58. The van der Waals surface area contributed by atoms with E-state index in [9.17, 15) is 9.90 Å². The first-order chi connectivity index (χ1) is 12.7. The number of hydrogen-bond acceptors (Lipinski definition) is 3. The topological polar surface area (TPSA) is 55.8 Å². The number of phenolic OH excluding ortho intramolecular Hbond substituents is 1. The predicted octanol–water partition coefficient (Wildman–Crippen LogP) is 3.91. The average molecular weight is 353 g/mol. The number of phenols is 1. The van der Waals surface area contributed by atoms with Crippen LogP contribution in [0, 0.1) is 0 Å². The molecule has 2 aromatic carbocycles. The standard InChI is InChI=1S/C21H27N3O2/c1-2-24(21(26)22-18-10-12-20(25)13-11-18)19-9-6-14-23(16-19)15-17-7-4-3-5-8-17/h3-5,7-8,10-13,19,25H,2,6,9,14-16H2,1H3,(H,22,26). The van der Waals surface area contributed by atoms with Crippen molar-refractivity contribution in [3.63, 3.8) is 0 Å². The summed E-state index contributed by atoms with van der Waals surface area (Å²) in [6.45, 7) is 5.59. The number of amides is 2. The highest BCUT2D eigenvalue weighted by Gasteiger charge is 2.27. The van der Waals surface area contributed by atoms with Crippen molar-refractivity contribution in [2.45, 2.75) is 32.4 Å². The Morgan fingerprint density at radius 1 is 1.19 bits per heavy atom. The maximum absolute atomic E-state index is 12.7. The van der Waals surface area contributed by atoms with E-state index in [0.717, 1.165) is 32.5 Å². The van der Waals surface area contributed by atoms with Crippen molar-refractivity contribution in [1.82, 2.24) is 9.80 Å². The van der Waals surface area contributed by atoms with Gasteiger partial charge in [-0.3, -0.25) is 4.90 Å². The largest absolute Gasteiger partial charge is 0.508 e. The van der Waals surface area contributed by atoms with E-state index in [-0.39, 0.29) is 17.8 Å². The number of hydrogen-bond donors (Lipinski definition) is 2. The summed E-state index contributed by atoms with van der Waals surface area (Å²) in [4.78, 5) is 17.1. The van der Waals surface area contributed by atoms with Gasteiger partial charge in [-0.25, -0.2) is 4.79 Å². The molecule has 0 saturated carbocycles. The number of urea groups is 1. The van der Waals surface area contributed by atoms with Crippen molar-refractivity contribution >= 4 is 11.7 Å². The van der Waals surface area contributed by atoms with Gasteiger partial charge in [0.1, 0.15) is 5.75 Å². The predicted molar refractivity (Wildman–Crippen MR) is 104 cm³/mol. The quantitative estimate of drug-likeness (QED) is 0.801. The molecule has 1 heterocycles. The van der Waals surface area contributed by atoms with E-state index in [2.05, 4.69) is 34.5 Å². The normalized spacial score (nSPS) is 17.7. The SMILES string of the molecule is CCN(C(=O)Nc1ccc(O)cc1)C1CCCN(Cc2ccccc2)C1. The van der Waals surface area contributed by atoms with Gasteiger partial charge in [0.2, 0.25) is 0 Å². The number of nitrogens with zero attached hydrogens (tertiary/aromatic N) is 2. The Balaban J connectivity index is 1.61. The number of aromatic hydroxyl groups is 1. The van der Waals surface area contributed by atoms with E-state index >= 15 is 0 Å². The highest BCUT2D eigenvalue weighted by molar-refractivity contribution is 5.89. The van der Waals surface area contributed by atoms with Crippen LogP contribution in [0.2, 0.25) is 0 Å². The van der Waals surface area contributed by atoms with E-state index in [1.165, 1.54) is 5.56 Å². The summed E-state index contributed by atoms with van der Waals surface area (Å²) in [7, 11) is 0. The van der Waals surface area contributed by atoms with E-state index in [4.69, 9.17) is 0 Å². The number of anilines is 1. The summed E-state index contributed by atoms with van der Waals surface area (Å²) in [5, 5.41) is 12.3. The van der Waals surface area contributed by atoms with Gasteiger partial charge in [-0.2, -0.15) is 0 Å². The van der Waals surface area contributed by atoms with Crippen LogP contribution < -0.4 is 5.32 Å². The zero-order valence-corrected chi connectivity index (χ0v) is 15.3. The first-order valence-corrected chi connectivity index (χ1v) is 9.28. The third-order valence-electron chi connectivity index (χ3n) is 4.89. The van der Waals surface area contributed by atoms with Crippen LogP contribution >= 0.6 is 0 Å². The zero-order chi connectivity index (χ0) is 18.4. The van der Waals surface area contributed by atoms with Gasteiger partial charge in [-0.15, -0.1) is 0 Å². The smallest absolute Gasteiger partial charge is 0.322 e. The molecule has 1 aliphatic rings. The molecule has 2 amide bonds. The van der Waals surface area contributed by atoms with Crippen LogP contribution in [-0.2, 0) is 6.54 Å². The van der Waals surface area contributed by atoms with E-state index in [1.54, 1.807) is 24.3 Å². The van der Waals surface area contributed by atoms with Gasteiger partial charge in [0, 0.05) is 31.4 Å². The minimum atomic E-state index is -0.0789. The lowest BCUT2D eigenvalue weighted by molar-refractivity contribution is 0.116. The highest BCUT2D eigenvalue weighted by Crippen LogP contribution is 2.20. The second kappa shape index (κ2) is 8.72. The fourth-order valence-electron chi connectivity index (χ4n) is 3.58. The fraction of sp³-hybridized carbons (Fsp3) is 0.381. The Morgan fingerprint density at radius 2 is 1.92 bits per heavy atom. The lowest BCUT2D eigenvalue weighted by Crippen LogP contribution is -2.51. The molecule has 1 unspecified atom stereocenters. The molecule has 0 aliphatic carbocycles. The second-order valence-corrected chi connectivity index (χ2v) is 6.78. The Hall–Kier alpha value is -2.53. The number of likely N-dealkylation sites (tertiary alicyclic amines) is 1. The lowest BCUT2D eigenvalue weighted by atomic mass is 10.0. The highest BCUT2D eigenvalue weighted by atomic mass is 16.3. The Bertz CT molecular complexity index is 703. The van der Waals surface area contributed by atoms with Crippen LogP contribution in [0.25, 0.3) is 0 Å². The molecule has 1 aliphatic heterocycles. The van der Waals surface area contributed by atoms with Crippen molar-refractivity contribution in [3.8, 4) is 5.75 Å². The molecule has 2 N–H and O–H groups in total. The van der Waals surface area contributed by atoms with Crippen LogP contribution in [-0.4, -0.2) is 46.6 Å². The van der Waals surface area contributed by atoms with E-state index in [1.807, 2.05) is 17.9 Å². The van der Waals surface area contributed by atoms with Crippen LogP contribution in [0.15, 0.2) is 54.6 Å². The number of benzene rings is 2. The Kier molecular flexibility index (Phi) is 6.12. The van der Waals surface area contributed by atoms with E-state index < -0.39 is 0 Å². The van der Waals surface area contributed by atoms with Gasteiger partial charge < -0.3 is 15.3 Å². The molecule has 138 valence electrons. The maximum Gasteiger partial charge on any atom is 0.322 e. The molecule has 1 atom stereocenters. The van der Waals surface area contributed by atoms with Crippen molar-refractivity contribution in [2.75, 3.05) is 25.0 Å². The van der Waals surface area contributed by atoms with Crippen molar-refractivity contribution in [2.24, 2.45) is 0 Å². The molecule has 5 heteroatoms. The molecule has 26 heavy (non-hydrogen) atoms. The molecular formula is C21H27N3O2. The molecule has 1 fully saturated rings. The summed E-state index contributed by atoms with van der Waals surface area (Å²) in [6, 6.07) is 17.2. The summed E-state index contributed by atoms with van der Waals surface area (Å²) >= 11 is 0. The number of rotatable bonds is 5. The molecule has 3 rings (SSSR count). The van der Waals surface area contributed by atoms with Gasteiger partial charge >= 0.3 is 6.03 Å². The summed E-state index contributed by atoms with van der Waals surface area (Å²) in [5.41, 5.74) is 2.01. The first-order valence-electron chi connectivity index (χ1n) is 9.28. The van der Waals surface area contributed by atoms with Gasteiger partial charge in [0.15, 0.2) is 0 Å². The third-order valence-corrected chi connectivity index (χ3v) is 4.89. The van der Waals surface area contributed by atoms with Crippen molar-refractivity contribution in [3.05, 3.63) is 60.2 Å². The van der Waals surface area contributed by atoms with Crippen LogP contribution in [0.5, 0.6) is 5.75 Å². The molecule has 2 aromatic rings. The van der Waals surface area contributed by atoms with Gasteiger partial charge in [-0.05, 0) is 56.1 Å². The molecule has 5 nitrogen and oxygen atoms in total. The number of carbonyl (C=O) groups excluding carboxylic acids is 1. The van der Waals surface area contributed by atoms with Crippen molar-refractivity contribution < 1.29 is 9.90 Å². The molecular weight excluding hydrogens is 326 g/mol. The molecule has 0 bridgehead atoms. The average Bonchev–Trinajstić information content (AvgIpc) is 2.65. The molecule has 1 saturated heterocycles. The molecule has 0 spiro atoms. The van der Waals surface area contributed by atoms with E-state index in [0.29, 0.717) is 12.2 Å². The minimum absolute atomic E-state index is 0.0789.